The minimum Gasteiger partial charge on any atom is -0.336 e. The van der Waals surface area contributed by atoms with Crippen molar-refractivity contribution < 1.29 is 4.79 Å². The van der Waals surface area contributed by atoms with Crippen LogP contribution in [-0.4, -0.2) is 26.5 Å². The molecule has 0 saturated carbocycles. The quantitative estimate of drug-likeness (QED) is 0.641. The summed E-state index contributed by atoms with van der Waals surface area (Å²) in [5.74, 6) is 7.26. The lowest BCUT2D eigenvalue weighted by Gasteiger charge is -2.16. The molecule has 0 unspecified atom stereocenters. The Balaban J connectivity index is 1.97. The zero-order valence-corrected chi connectivity index (χ0v) is 15.6. The molecule has 1 aromatic carbocycles. The average Bonchev–Trinajstić information content (AvgIpc) is 2.86. The van der Waals surface area contributed by atoms with Crippen molar-refractivity contribution in [1.29, 1.82) is 0 Å². The fraction of sp³-hybridized carbons (Fsp3) is 0.471. The molecule has 2 rings (SSSR count). The van der Waals surface area contributed by atoms with Gasteiger partial charge in [0.15, 0.2) is 5.82 Å². The average molecular weight is 347 g/mol. The number of nitrogens with one attached hydrogen (secondary N) is 1. The van der Waals surface area contributed by atoms with E-state index in [1.54, 1.807) is 0 Å². The Bertz CT molecular complexity index is 718. The molecule has 2 aromatic rings. The van der Waals surface area contributed by atoms with Gasteiger partial charge in [-0.25, -0.2) is 4.68 Å². The molecule has 6 nitrogen and oxygen atoms in total. The lowest BCUT2D eigenvalue weighted by molar-refractivity contribution is -0.113. The van der Waals surface area contributed by atoms with Crippen LogP contribution in [0.4, 0.5) is 5.69 Å². The molecular formula is C17H25N5OS. The van der Waals surface area contributed by atoms with E-state index in [9.17, 15) is 4.79 Å². The molecule has 7 heteroatoms. The highest BCUT2D eigenvalue weighted by Crippen LogP contribution is 2.23. The van der Waals surface area contributed by atoms with Crippen molar-refractivity contribution in [3.63, 3.8) is 0 Å². The third kappa shape index (κ3) is 4.50. The molecular weight excluding hydrogens is 322 g/mol. The summed E-state index contributed by atoms with van der Waals surface area (Å²) in [6.45, 7) is 10.3. The van der Waals surface area contributed by atoms with E-state index in [-0.39, 0.29) is 17.1 Å². The number of benzene rings is 1. The Morgan fingerprint density at radius 3 is 2.62 bits per heavy atom. The van der Waals surface area contributed by atoms with E-state index in [4.69, 9.17) is 5.84 Å². The molecule has 1 amide bonds. The number of thioether (sulfide) groups is 1. The number of hydrogen-bond acceptors (Lipinski definition) is 5. The number of amides is 1. The summed E-state index contributed by atoms with van der Waals surface area (Å²) in [6.07, 6.45) is 0. The first kappa shape index (κ1) is 18.3. The second-order valence-corrected chi connectivity index (χ2v) is 7.99. The molecule has 1 heterocycles. The molecule has 0 saturated heterocycles. The van der Waals surface area contributed by atoms with Crippen LogP contribution in [0.3, 0.4) is 0 Å². The Kier molecular flexibility index (Phi) is 5.54. The van der Waals surface area contributed by atoms with E-state index < -0.39 is 0 Å². The van der Waals surface area contributed by atoms with E-state index in [0.717, 1.165) is 5.69 Å². The van der Waals surface area contributed by atoms with Gasteiger partial charge >= 0.3 is 0 Å². The van der Waals surface area contributed by atoms with Crippen LogP contribution in [0.25, 0.3) is 0 Å². The second-order valence-electron chi connectivity index (χ2n) is 7.04. The number of carbonyl (C=O) groups excluding carboxylic acids is 1. The Hall–Kier alpha value is -2.02. The molecule has 0 fully saturated rings. The highest BCUT2D eigenvalue weighted by molar-refractivity contribution is 7.99. The normalized spacial score (nSPS) is 11.8. The van der Waals surface area contributed by atoms with Crippen LogP contribution < -0.4 is 11.2 Å². The lowest BCUT2D eigenvalue weighted by Crippen LogP contribution is -2.24. The summed E-state index contributed by atoms with van der Waals surface area (Å²) in [5.41, 5.74) is 1.80. The van der Waals surface area contributed by atoms with Crippen LogP contribution in [0.5, 0.6) is 0 Å². The Morgan fingerprint density at radius 2 is 2.04 bits per heavy atom. The number of hydrogen-bond donors (Lipinski definition) is 2. The number of anilines is 1. The maximum atomic E-state index is 12.2. The van der Waals surface area contributed by atoms with E-state index in [1.165, 1.54) is 22.0 Å². The monoisotopic (exact) mass is 347 g/mol. The van der Waals surface area contributed by atoms with E-state index in [2.05, 4.69) is 35.4 Å². The van der Waals surface area contributed by atoms with Gasteiger partial charge in [0, 0.05) is 11.1 Å². The molecule has 0 aliphatic rings. The molecule has 0 bridgehead atoms. The number of aromatic nitrogens is 3. The van der Waals surface area contributed by atoms with Gasteiger partial charge in [0.05, 0.1) is 5.75 Å². The van der Waals surface area contributed by atoms with Gasteiger partial charge < -0.3 is 11.2 Å². The van der Waals surface area contributed by atoms with E-state index >= 15 is 0 Å². The van der Waals surface area contributed by atoms with E-state index in [1.807, 2.05) is 39.0 Å². The fourth-order valence-electron chi connectivity index (χ4n) is 2.19. The van der Waals surface area contributed by atoms with Crippen LogP contribution >= 0.6 is 11.8 Å². The van der Waals surface area contributed by atoms with Crippen LogP contribution in [0.2, 0.25) is 0 Å². The molecule has 3 N–H and O–H groups in total. The molecule has 0 radical (unpaired) electrons. The van der Waals surface area contributed by atoms with Gasteiger partial charge in [-0.2, -0.15) is 0 Å². The van der Waals surface area contributed by atoms with E-state index in [0.29, 0.717) is 16.9 Å². The summed E-state index contributed by atoms with van der Waals surface area (Å²) < 4.78 is 1.46. The SMILES string of the molecule is CC(C)c1cccc(NC(=O)CSc2nnc(C(C)(C)C)n2N)c1. The third-order valence-corrected chi connectivity index (χ3v) is 4.45. The number of nitrogen functional groups attached to an aromatic ring is 1. The summed E-state index contributed by atoms with van der Waals surface area (Å²) in [5, 5.41) is 11.6. The van der Waals surface area contributed by atoms with Crippen LogP contribution in [0, 0.1) is 0 Å². The first-order valence-corrected chi connectivity index (χ1v) is 8.90. The van der Waals surface area contributed by atoms with Crippen molar-refractivity contribution in [2.24, 2.45) is 0 Å². The minimum atomic E-state index is -0.194. The largest absolute Gasteiger partial charge is 0.336 e. The minimum absolute atomic E-state index is 0.0961. The van der Waals surface area contributed by atoms with Crippen molar-refractivity contribution in [2.45, 2.75) is 51.1 Å². The van der Waals surface area contributed by atoms with Gasteiger partial charge in [-0.15, -0.1) is 10.2 Å². The highest BCUT2D eigenvalue weighted by Gasteiger charge is 2.23. The molecule has 24 heavy (non-hydrogen) atoms. The third-order valence-electron chi connectivity index (χ3n) is 3.50. The van der Waals surface area contributed by atoms with Gasteiger partial charge in [-0.05, 0) is 23.6 Å². The second kappa shape index (κ2) is 7.25. The van der Waals surface area contributed by atoms with Crippen molar-refractivity contribution in [2.75, 3.05) is 16.9 Å². The van der Waals surface area contributed by atoms with Crippen molar-refractivity contribution in [3.05, 3.63) is 35.7 Å². The molecule has 0 aliphatic heterocycles. The summed E-state index contributed by atoms with van der Waals surface area (Å²) in [7, 11) is 0. The number of carbonyl (C=O) groups is 1. The summed E-state index contributed by atoms with van der Waals surface area (Å²) in [4.78, 5) is 12.2. The highest BCUT2D eigenvalue weighted by atomic mass is 32.2. The standard InChI is InChI=1S/C17H25N5OS/c1-11(2)12-7-6-8-13(9-12)19-14(23)10-24-16-21-20-15(22(16)18)17(3,4)5/h6-9,11H,10,18H2,1-5H3,(H,19,23). The van der Waals surface area contributed by atoms with Crippen molar-refractivity contribution in [3.8, 4) is 0 Å². The van der Waals surface area contributed by atoms with Crippen LogP contribution in [0.15, 0.2) is 29.4 Å². The molecule has 0 aliphatic carbocycles. The van der Waals surface area contributed by atoms with Gasteiger partial charge in [0.1, 0.15) is 0 Å². The zero-order chi connectivity index (χ0) is 17.9. The number of nitrogens with zero attached hydrogens (tertiary/aromatic N) is 3. The number of nitrogens with two attached hydrogens (primary N) is 1. The molecule has 0 spiro atoms. The molecule has 0 atom stereocenters. The lowest BCUT2D eigenvalue weighted by atomic mass is 9.96. The summed E-state index contributed by atoms with van der Waals surface area (Å²) in [6, 6.07) is 7.89. The predicted octanol–water partition coefficient (Wildman–Crippen LogP) is 3.14. The van der Waals surface area contributed by atoms with Crippen LogP contribution in [-0.2, 0) is 10.2 Å². The smallest absolute Gasteiger partial charge is 0.234 e. The van der Waals surface area contributed by atoms with Crippen molar-refractivity contribution in [1.82, 2.24) is 14.9 Å². The van der Waals surface area contributed by atoms with Gasteiger partial charge in [-0.3, -0.25) is 4.79 Å². The van der Waals surface area contributed by atoms with Gasteiger partial charge in [-0.1, -0.05) is 58.5 Å². The summed E-state index contributed by atoms with van der Waals surface area (Å²) >= 11 is 1.27. The van der Waals surface area contributed by atoms with Gasteiger partial charge in [0.2, 0.25) is 11.1 Å². The van der Waals surface area contributed by atoms with Crippen molar-refractivity contribution >= 4 is 23.4 Å². The maximum Gasteiger partial charge on any atom is 0.234 e. The first-order chi connectivity index (χ1) is 11.2. The number of rotatable bonds is 5. The molecule has 1 aromatic heterocycles. The van der Waals surface area contributed by atoms with Crippen LogP contribution in [0.1, 0.15) is 51.9 Å². The van der Waals surface area contributed by atoms with Gasteiger partial charge in [0.25, 0.3) is 0 Å². The maximum absolute atomic E-state index is 12.2. The fourth-order valence-corrected chi connectivity index (χ4v) is 2.85. The zero-order valence-electron chi connectivity index (χ0n) is 14.8. The Morgan fingerprint density at radius 1 is 1.33 bits per heavy atom. The molecule has 130 valence electrons. The predicted molar refractivity (Wildman–Crippen MR) is 98.8 cm³/mol. The first-order valence-electron chi connectivity index (χ1n) is 7.92. The Labute approximate surface area is 147 Å². The topological polar surface area (TPSA) is 85.8 Å².